The smallest absolute Gasteiger partial charge is 0.305 e. The molecule has 9 heteroatoms. The first-order chi connectivity index (χ1) is 18.3. The molecular formula is C29H26Cl2FNO5. The molecule has 0 unspecified atom stereocenters. The van der Waals surface area contributed by atoms with E-state index >= 15 is 0 Å². The van der Waals surface area contributed by atoms with E-state index in [4.69, 9.17) is 27.9 Å². The minimum atomic E-state index is -0.953. The second-order valence-corrected chi connectivity index (χ2v) is 10.5. The summed E-state index contributed by atoms with van der Waals surface area (Å²) in [6, 6.07) is 9.40. The van der Waals surface area contributed by atoms with Crippen molar-refractivity contribution >= 4 is 40.7 Å². The Morgan fingerprint density at radius 2 is 1.63 bits per heavy atom. The summed E-state index contributed by atoms with van der Waals surface area (Å²) in [6.45, 7) is 0.0609. The van der Waals surface area contributed by atoms with Gasteiger partial charge in [0, 0.05) is 64.0 Å². The molecule has 198 valence electrons. The van der Waals surface area contributed by atoms with Crippen LogP contribution in [0.15, 0.2) is 58.9 Å². The molecule has 0 fully saturated rings. The van der Waals surface area contributed by atoms with E-state index in [-0.39, 0.29) is 41.9 Å². The Labute approximate surface area is 229 Å². The molecule has 0 bridgehead atoms. The molecule has 1 aliphatic heterocycles. The molecule has 0 aromatic heterocycles. The fraction of sp³-hybridized carbons (Fsp3) is 0.345. The number of halogens is 3. The highest BCUT2D eigenvalue weighted by molar-refractivity contribution is 6.35. The fourth-order valence-electron chi connectivity index (χ4n) is 5.72. The summed E-state index contributed by atoms with van der Waals surface area (Å²) >= 11 is 13.1. The van der Waals surface area contributed by atoms with E-state index in [0.717, 1.165) is 11.4 Å². The van der Waals surface area contributed by atoms with E-state index in [1.54, 1.807) is 24.3 Å². The van der Waals surface area contributed by atoms with Crippen molar-refractivity contribution in [2.24, 2.45) is 0 Å². The van der Waals surface area contributed by atoms with Crippen molar-refractivity contribution in [3.05, 3.63) is 85.9 Å². The predicted octanol–water partition coefficient (Wildman–Crippen LogP) is 6.60. The molecule has 0 radical (unpaired) electrons. The minimum absolute atomic E-state index is 0.0994. The van der Waals surface area contributed by atoms with Crippen molar-refractivity contribution in [2.75, 3.05) is 6.54 Å². The zero-order chi connectivity index (χ0) is 27.0. The summed E-state index contributed by atoms with van der Waals surface area (Å²) < 4.78 is 20.4. The Kier molecular flexibility index (Phi) is 7.59. The maximum Gasteiger partial charge on any atom is 0.305 e. The second-order valence-electron chi connectivity index (χ2n) is 9.69. The molecule has 2 aromatic rings. The number of Topliss-reactive ketones (excluding diaryl/α,β-unsaturated/α-hetero) is 2. The van der Waals surface area contributed by atoms with Gasteiger partial charge in [-0.1, -0.05) is 41.4 Å². The second kappa shape index (κ2) is 10.9. The van der Waals surface area contributed by atoms with Crippen LogP contribution in [0.25, 0.3) is 0 Å². The number of benzene rings is 2. The first kappa shape index (κ1) is 26.4. The summed E-state index contributed by atoms with van der Waals surface area (Å²) in [5, 5.41) is 9.88. The number of allylic oxidation sites excluding steroid dienone is 4. The van der Waals surface area contributed by atoms with Crippen LogP contribution in [0.1, 0.15) is 62.0 Å². The number of carbonyl (C=O) groups is 3. The largest absolute Gasteiger partial charge is 0.487 e. The molecule has 6 nitrogen and oxygen atoms in total. The highest BCUT2D eigenvalue weighted by Gasteiger charge is 2.44. The first-order valence-electron chi connectivity index (χ1n) is 12.6. The molecule has 2 aromatic carbocycles. The third kappa shape index (κ3) is 4.97. The molecular weight excluding hydrogens is 532 g/mol. The highest BCUT2D eigenvalue weighted by atomic mass is 35.5. The van der Waals surface area contributed by atoms with Gasteiger partial charge in [-0.15, -0.1) is 0 Å². The van der Waals surface area contributed by atoms with E-state index in [1.165, 1.54) is 12.1 Å². The van der Waals surface area contributed by atoms with Crippen LogP contribution in [0.5, 0.6) is 5.75 Å². The topological polar surface area (TPSA) is 83.9 Å². The Balaban J connectivity index is 1.68. The number of ketones is 2. The first-order valence-corrected chi connectivity index (χ1v) is 13.4. The van der Waals surface area contributed by atoms with Gasteiger partial charge >= 0.3 is 5.97 Å². The number of carboxylic acid groups (broad SMARTS) is 1. The van der Waals surface area contributed by atoms with E-state index < -0.39 is 17.7 Å². The molecule has 1 heterocycles. The molecule has 2 aliphatic carbocycles. The zero-order valence-corrected chi connectivity index (χ0v) is 22.1. The van der Waals surface area contributed by atoms with Gasteiger partial charge in [-0.3, -0.25) is 14.4 Å². The number of rotatable bonds is 7. The predicted molar refractivity (Wildman–Crippen MR) is 141 cm³/mol. The summed E-state index contributed by atoms with van der Waals surface area (Å²) in [5.74, 6) is -2.10. The van der Waals surface area contributed by atoms with Crippen molar-refractivity contribution in [1.29, 1.82) is 0 Å². The van der Waals surface area contributed by atoms with Gasteiger partial charge in [0.05, 0.1) is 11.4 Å². The number of aliphatic carboxylic acids is 1. The average Bonchev–Trinajstić information content (AvgIpc) is 2.87. The molecule has 0 amide bonds. The van der Waals surface area contributed by atoms with Gasteiger partial charge in [0.15, 0.2) is 11.6 Å². The van der Waals surface area contributed by atoms with Crippen molar-refractivity contribution in [2.45, 2.75) is 57.5 Å². The Morgan fingerprint density at radius 3 is 2.24 bits per heavy atom. The van der Waals surface area contributed by atoms with Crippen LogP contribution in [0.2, 0.25) is 10.0 Å². The van der Waals surface area contributed by atoms with Crippen LogP contribution >= 0.6 is 23.2 Å². The Bertz CT molecular complexity index is 1360. The molecule has 0 spiro atoms. The summed E-state index contributed by atoms with van der Waals surface area (Å²) in [6.07, 6.45) is 2.95. The van der Waals surface area contributed by atoms with Gasteiger partial charge in [-0.25, -0.2) is 4.39 Å². The quantitative estimate of drug-likeness (QED) is 0.413. The molecule has 0 atom stereocenters. The van der Waals surface area contributed by atoms with Gasteiger partial charge < -0.3 is 14.7 Å². The van der Waals surface area contributed by atoms with Crippen LogP contribution in [0.4, 0.5) is 4.39 Å². The number of nitrogens with zero attached hydrogens (tertiary/aromatic N) is 1. The molecule has 5 rings (SSSR count). The lowest BCUT2D eigenvalue weighted by atomic mass is 9.70. The van der Waals surface area contributed by atoms with Crippen LogP contribution < -0.4 is 4.74 Å². The summed E-state index contributed by atoms with van der Waals surface area (Å²) in [4.78, 5) is 40.3. The normalized spacial score (nSPS) is 18.0. The van der Waals surface area contributed by atoms with Crippen molar-refractivity contribution in [3.8, 4) is 5.75 Å². The van der Waals surface area contributed by atoms with Gasteiger partial charge in [-0.05, 0) is 43.9 Å². The Hall–Kier alpha value is -3.16. The summed E-state index contributed by atoms with van der Waals surface area (Å²) in [5.41, 5.74) is 3.22. The SMILES string of the molecule is O=C(O)CCN1C2=C(C(=O)CCC2)C(c2cc(Cl)cc(Cl)c2OCc2ccccc2F)C2=C1CCCC2=O. The molecule has 0 saturated heterocycles. The molecule has 1 N–H and O–H groups in total. The number of hydrogen-bond acceptors (Lipinski definition) is 5. The lowest BCUT2D eigenvalue weighted by Crippen LogP contribution is -2.40. The summed E-state index contributed by atoms with van der Waals surface area (Å²) in [7, 11) is 0. The maximum absolute atomic E-state index is 14.3. The number of hydrogen-bond donors (Lipinski definition) is 1. The van der Waals surface area contributed by atoms with Crippen molar-refractivity contribution in [3.63, 3.8) is 0 Å². The molecule has 38 heavy (non-hydrogen) atoms. The monoisotopic (exact) mass is 557 g/mol. The van der Waals surface area contributed by atoms with E-state index in [0.29, 0.717) is 65.8 Å². The lowest BCUT2D eigenvalue weighted by Gasteiger charge is -2.44. The zero-order valence-electron chi connectivity index (χ0n) is 20.6. The number of ether oxygens (including phenoxy) is 1. The van der Waals surface area contributed by atoms with Crippen LogP contribution in [-0.2, 0) is 21.0 Å². The number of carboxylic acids is 1. The van der Waals surface area contributed by atoms with Crippen LogP contribution in [0.3, 0.4) is 0 Å². The lowest BCUT2D eigenvalue weighted by molar-refractivity contribution is -0.137. The van der Waals surface area contributed by atoms with Gasteiger partial charge in [0.1, 0.15) is 18.2 Å². The van der Waals surface area contributed by atoms with Crippen molar-refractivity contribution < 1.29 is 28.6 Å². The van der Waals surface area contributed by atoms with E-state index in [2.05, 4.69) is 0 Å². The maximum atomic E-state index is 14.3. The fourth-order valence-corrected chi connectivity index (χ4v) is 6.28. The minimum Gasteiger partial charge on any atom is -0.487 e. The molecule has 0 saturated carbocycles. The van der Waals surface area contributed by atoms with Gasteiger partial charge in [-0.2, -0.15) is 0 Å². The van der Waals surface area contributed by atoms with Gasteiger partial charge in [0.25, 0.3) is 0 Å². The third-order valence-corrected chi connectivity index (χ3v) is 7.81. The van der Waals surface area contributed by atoms with E-state index in [1.807, 2.05) is 4.90 Å². The van der Waals surface area contributed by atoms with Gasteiger partial charge in [0.2, 0.25) is 0 Å². The van der Waals surface area contributed by atoms with Crippen molar-refractivity contribution in [1.82, 2.24) is 4.90 Å². The standard InChI is InChI=1S/C29H26Cl2FNO5/c30-17-13-18(29(19(31)14-17)38-15-16-5-1-2-6-20(16)32)26-27-21(7-3-9-23(27)34)33(12-11-25(36)37)22-8-4-10-24(35)28(22)26/h1-2,5-6,13-14,26H,3-4,7-12,15H2,(H,36,37). The highest BCUT2D eigenvalue weighted by Crippen LogP contribution is 2.52. The Morgan fingerprint density at radius 1 is 1.00 bits per heavy atom. The van der Waals surface area contributed by atoms with E-state index in [9.17, 15) is 23.9 Å². The average molecular weight is 558 g/mol. The number of carbonyl (C=O) groups excluding carboxylic acids is 2. The third-order valence-electron chi connectivity index (χ3n) is 7.31. The molecule has 3 aliphatic rings. The van der Waals surface area contributed by atoms with Crippen LogP contribution in [-0.4, -0.2) is 34.1 Å². The van der Waals surface area contributed by atoms with Crippen LogP contribution in [0, 0.1) is 5.82 Å².